The van der Waals surface area contributed by atoms with Gasteiger partial charge in [-0.15, -0.1) is 0 Å². The Hall–Kier alpha value is -0.870. The average Bonchev–Trinajstić information content (AvgIpc) is 2.55. The van der Waals surface area contributed by atoms with Crippen LogP contribution < -0.4 is 5.32 Å². The van der Waals surface area contributed by atoms with Gasteiger partial charge in [-0.3, -0.25) is 4.68 Å². The van der Waals surface area contributed by atoms with Gasteiger partial charge < -0.3 is 10.2 Å². The molecule has 0 bridgehead atoms. The Balaban J connectivity index is 2.37. The zero-order valence-electron chi connectivity index (χ0n) is 12.7. The van der Waals surface area contributed by atoms with Crippen LogP contribution in [0.1, 0.15) is 30.8 Å². The summed E-state index contributed by atoms with van der Waals surface area (Å²) in [7, 11) is 4.17. The van der Waals surface area contributed by atoms with Gasteiger partial charge >= 0.3 is 0 Å². The summed E-state index contributed by atoms with van der Waals surface area (Å²) >= 11 is 0. The predicted octanol–water partition coefficient (Wildman–Crippen LogP) is 1.51. The molecule has 0 fully saturated rings. The fourth-order valence-electron chi connectivity index (χ4n) is 2.28. The highest BCUT2D eigenvalue weighted by molar-refractivity contribution is 5.24. The smallest absolute Gasteiger partial charge is 0.0628 e. The van der Waals surface area contributed by atoms with E-state index in [1.807, 2.05) is 11.7 Å². The lowest BCUT2D eigenvalue weighted by Crippen LogP contribution is -2.38. The normalized spacial score (nSPS) is 13.3. The molecule has 0 spiro atoms. The first-order chi connectivity index (χ1) is 8.45. The predicted molar refractivity (Wildman–Crippen MR) is 77.0 cm³/mol. The van der Waals surface area contributed by atoms with E-state index >= 15 is 0 Å². The monoisotopic (exact) mass is 252 g/mol. The lowest BCUT2D eigenvalue weighted by atomic mass is 10.1. The SMILES string of the molecule is CCN(C)CC(C)NCCc1c(C)nn(C)c1C. The molecule has 18 heavy (non-hydrogen) atoms. The Morgan fingerprint density at radius 3 is 2.56 bits per heavy atom. The van der Waals surface area contributed by atoms with Crippen molar-refractivity contribution in [2.45, 2.75) is 40.2 Å². The highest BCUT2D eigenvalue weighted by atomic mass is 15.3. The second kappa shape index (κ2) is 6.90. The van der Waals surface area contributed by atoms with Gasteiger partial charge in [0.15, 0.2) is 0 Å². The second-order valence-electron chi connectivity index (χ2n) is 5.23. The summed E-state index contributed by atoms with van der Waals surface area (Å²) in [4.78, 5) is 2.33. The van der Waals surface area contributed by atoms with Gasteiger partial charge in [0.25, 0.3) is 0 Å². The summed E-state index contributed by atoms with van der Waals surface area (Å²) in [6.07, 6.45) is 1.06. The van der Waals surface area contributed by atoms with Crippen LogP contribution in [0, 0.1) is 13.8 Å². The third-order valence-corrected chi connectivity index (χ3v) is 3.65. The molecule has 0 radical (unpaired) electrons. The van der Waals surface area contributed by atoms with Crippen molar-refractivity contribution in [1.29, 1.82) is 0 Å². The molecule has 1 atom stereocenters. The van der Waals surface area contributed by atoms with Crippen LogP contribution in [0.3, 0.4) is 0 Å². The first kappa shape index (κ1) is 15.2. The van der Waals surface area contributed by atoms with E-state index in [9.17, 15) is 0 Å². The summed E-state index contributed by atoms with van der Waals surface area (Å²) in [5, 5.41) is 8.03. The number of aromatic nitrogens is 2. The van der Waals surface area contributed by atoms with Crippen LogP contribution in [0.25, 0.3) is 0 Å². The first-order valence-corrected chi connectivity index (χ1v) is 6.86. The zero-order chi connectivity index (χ0) is 13.7. The number of hydrogen-bond donors (Lipinski definition) is 1. The number of hydrogen-bond acceptors (Lipinski definition) is 3. The van der Waals surface area contributed by atoms with E-state index in [4.69, 9.17) is 0 Å². The Morgan fingerprint density at radius 1 is 1.39 bits per heavy atom. The minimum atomic E-state index is 0.534. The molecule has 0 aliphatic rings. The van der Waals surface area contributed by atoms with E-state index in [0.29, 0.717) is 6.04 Å². The quantitative estimate of drug-likeness (QED) is 0.798. The molecule has 1 aromatic heterocycles. The maximum atomic E-state index is 4.45. The highest BCUT2D eigenvalue weighted by Crippen LogP contribution is 2.11. The van der Waals surface area contributed by atoms with Crippen molar-refractivity contribution in [2.24, 2.45) is 7.05 Å². The van der Waals surface area contributed by atoms with Crippen molar-refractivity contribution < 1.29 is 0 Å². The Labute approximate surface area is 111 Å². The number of nitrogens with one attached hydrogen (secondary N) is 1. The van der Waals surface area contributed by atoms with E-state index in [1.165, 1.54) is 11.3 Å². The molecule has 1 N–H and O–H groups in total. The minimum Gasteiger partial charge on any atom is -0.313 e. The molecular weight excluding hydrogens is 224 g/mol. The van der Waals surface area contributed by atoms with Crippen LogP contribution in [0.5, 0.6) is 0 Å². The second-order valence-corrected chi connectivity index (χ2v) is 5.23. The van der Waals surface area contributed by atoms with Crippen molar-refractivity contribution in [3.05, 3.63) is 17.0 Å². The molecule has 1 heterocycles. The lowest BCUT2D eigenvalue weighted by molar-refractivity contribution is 0.311. The van der Waals surface area contributed by atoms with Crippen LogP contribution in [0.15, 0.2) is 0 Å². The molecule has 0 aliphatic carbocycles. The molecule has 104 valence electrons. The maximum Gasteiger partial charge on any atom is 0.0628 e. The van der Waals surface area contributed by atoms with Gasteiger partial charge in [0, 0.05) is 25.3 Å². The van der Waals surface area contributed by atoms with Gasteiger partial charge in [0.1, 0.15) is 0 Å². The van der Waals surface area contributed by atoms with Crippen LogP contribution in [-0.4, -0.2) is 47.4 Å². The first-order valence-electron chi connectivity index (χ1n) is 6.86. The van der Waals surface area contributed by atoms with Crippen molar-refractivity contribution in [2.75, 3.05) is 26.7 Å². The van der Waals surface area contributed by atoms with E-state index in [1.54, 1.807) is 0 Å². The average molecular weight is 252 g/mol. The van der Waals surface area contributed by atoms with Gasteiger partial charge in [-0.05, 0) is 52.9 Å². The molecule has 1 aromatic rings. The van der Waals surface area contributed by atoms with Crippen LogP contribution in [0.2, 0.25) is 0 Å². The summed E-state index contributed by atoms with van der Waals surface area (Å²) in [5.74, 6) is 0. The highest BCUT2D eigenvalue weighted by Gasteiger charge is 2.09. The molecule has 4 heteroatoms. The fourth-order valence-corrected chi connectivity index (χ4v) is 2.28. The zero-order valence-corrected chi connectivity index (χ0v) is 12.7. The minimum absolute atomic E-state index is 0.534. The molecule has 0 saturated carbocycles. The molecule has 1 rings (SSSR count). The third kappa shape index (κ3) is 4.10. The number of nitrogens with zero attached hydrogens (tertiary/aromatic N) is 3. The van der Waals surface area contributed by atoms with Crippen LogP contribution >= 0.6 is 0 Å². The summed E-state index contributed by atoms with van der Waals surface area (Å²) < 4.78 is 1.97. The van der Waals surface area contributed by atoms with Crippen molar-refractivity contribution >= 4 is 0 Å². The molecule has 4 nitrogen and oxygen atoms in total. The van der Waals surface area contributed by atoms with Crippen molar-refractivity contribution in [1.82, 2.24) is 20.0 Å². The van der Waals surface area contributed by atoms with E-state index in [0.717, 1.165) is 31.7 Å². The Kier molecular flexibility index (Phi) is 5.82. The Morgan fingerprint density at radius 2 is 2.06 bits per heavy atom. The van der Waals surface area contributed by atoms with Crippen molar-refractivity contribution in [3.8, 4) is 0 Å². The molecule has 0 aromatic carbocycles. The standard InChI is InChI=1S/C14H28N4/c1-7-17(5)10-11(2)15-9-8-14-12(3)16-18(6)13(14)4/h11,15H,7-10H2,1-6H3. The molecular formula is C14H28N4. The molecule has 0 amide bonds. The van der Waals surface area contributed by atoms with Crippen LogP contribution in [-0.2, 0) is 13.5 Å². The maximum absolute atomic E-state index is 4.45. The van der Waals surface area contributed by atoms with Crippen molar-refractivity contribution in [3.63, 3.8) is 0 Å². The van der Waals surface area contributed by atoms with Gasteiger partial charge in [-0.1, -0.05) is 6.92 Å². The van der Waals surface area contributed by atoms with E-state index in [-0.39, 0.29) is 0 Å². The molecule has 0 aliphatic heterocycles. The lowest BCUT2D eigenvalue weighted by Gasteiger charge is -2.20. The van der Waals surface area contributed by atoms with E-state index < -0.39 is 0 Å². The van der Waals surface area contributed by atoms with Gasteiger partial charge in [0.05, 0.1) is 5.69 Å². The van der Waals surface area contributed by atoms with E-state index in [2.05, 4.69) is 50.1 Å². The summed E-state index contributed by atoms with van der Waals surface area (Å²) in [6.45, 7) is 11.9. The number of aryl methyl sites for hydroxylation is 2. The fraction of sp³-hybridized carbons (Fsp3) is 0.786. The molecule has 0 saturated heterocycles. The Bertz CT molecular complexity index is 370. The topological polar surface area (TPSA) is 33.1 Å². The van der Waals surface area contributed by atoms with Gasteiger partial charge in [-0.2, -0.15) is 5.10 Å². The number of likely N-dealkylation sites (N-methyl/N-ethyl adjacent to an activating group) is 1. The summed E-state index contributed by atoms with van der Waals surface area (Å²) in [5.41, 5.74) is 3.84. The third-order valence-electron chi connectivity index (χ3n) is 3.65. The van der Waals surface area contributed by atoms with Crippen LogP contribution in [0.4, 0.5) is 0 Å². The van der Waals surface area contributed by atoms with Gasteiger partial charge in [-0.25, -0.2) is 0 Å². The molecule has 1 unspecified atom stereocenters. The van der Waals surface area contributed by atoms with Gasteiger partial charge in [0.2, 0.25) is 0 Å². The summed E-state index contributed by atoms with van der Waals surface area (Å²) in [6, 6.07) is 0.534. The largest absolute Gasteiger partial charge is 0.313 e. The number of rotatable bonds is 7.